The molecule has 5 rings (SSSR count). The topological polar surface area (TPSA) is 37.4 Å². The largest absolute Gasteiger partial charge is 0.274 e. The molecule has 1 aliphatic heterocycles. The molecule has 3 heteroatoms. The fourth-order valence-electron chi connectivity index (χ4n) is 5.52. The van der Waals surface area contributed by atoms with Gasteiger partial charge in [-0.3, -0.25) is 9.59 Å². The van der Waals surface area contributed by atoms with Gasteiger partial charge in [-0.25, -0.2) is 4.90 Å². The summed E-state index contributed by atoms with van der Waals surface area (Å²) in [6.07, 6.45) is 9.22. The Balaban J connectivity index is 1.57. The minimum absolute atomic E-state index is 0.0108. The Morgan fingerprint density at radius 3 is 2.12 bits per heavy atom. The molecule has 1 aromatic rings. The van der Waals surface area contributed by atoms with Crippen molar-refractivity contribution in [3.63, 3.8) is 0 Å². The van der Waals surface area contributed by atoms with Gasteiger partial charge in [0, 0.05) is 11.8 Å². The second kappa shape index (κ2) is 5.17. The Morgan fingerprint density at radius 2 is 1.52 bits per heavy atom. The molecule has 2 amide bonds. The van der Waals surface area contributed by atoms with Gasteiger partial charge < -0.3 is 0 Å². The van der Waals surface area contributed by atoms with Crippen molar-refractivity contribution in [3.05, 3.63) is 52.6 Å². The van der Waals surface area contributed by atoms with Gasteiger partial charge in [0.15, 0.2) is 0 Å². The molecule has 1 saturated heterocycles. The lowest BCUT2D eigenvalue weighted by atomic mass is 9.85. The number of rotatable bonds is 1. The quantitative estimate of drug-likeness (QED) is 0.573. The van der Waals surface area contributed by atoms with Crippen LogP contribution in [0, 0.1) is 37.5 Å². The number of anilines is 1. The Kier molecular flexibility index (Phi) is 3.13. The lowest BCUT2D eigenvalue weighted by Crippen LogP contribution is -2.33. The van der Waals surface area contributed by atoms with Crippen LogP contribution in [-0.2, 0) is 9.59 Å². The Bertz CT molecular complexity index is 821. The standard InChI is InChI=1S/C22H23NO2/c1-12-7-8-13(2)17(11-12)23-21(24)19-15-9-10-16(20(19)22(23)25)18(15)14-5-3-4-6-14/h7-11,15-16,19-20H,3-6H2,1-2H3/t15-,16+,19-,20+. The predicted octanol–water partition coefficient (Wildman–Crippen LogP) is 4.10. The molecular weight excluding hydrogens is 310 g/mol. The van der Waals surface area contributed by atoms with Crippen molar-refractivity contribution in [1.82, 2.24) is 0 Å². The first-order chi connectivity index (χ1) is 12.1. The zero-order valence-corrected chi connectivity index (χ0v) is 14.8. The third-order valence-electron chi connectivity index (χ3n) is 6.64. The van der Waals surface area contributed by atoms with E-state index in [1.165, 1.54) is 28.9 Å². The van der Waals surface area contributed by atoms with Gasteiger partial charge in [0.2, 0.25) is 11.8 Å². The molecule has 0 aromatic heterocycles. The van der Waals surface area contributed by atoms with Crippen molar-refractivity contribution >= 4 is 17.5 Å². The monoisotopic (exact) mass is 333 g/mol. The van der Waals surface area contributed by atoms with Crippen LogP contribution in [0.4, 0.5) is 5.69 Å². The van der Waals surface area contributed by atoms with Gasteiger partial charge >= 0.3 is 0 Å². The normalized spacial score (nSPS) is 33.1. The van der Waals surface area contributed by atoms with E-state index in [1.807, 2.05) is 32.0 Å². The lowest BCUT2D eigenvalue weighted by Gasteiger charge is -2.21. The van der Waals surface area contributed by atoms with E-state index in [0.717, 1.165) is 29.7 Å². The van der Waals surface area contributed by atoms with Crippen LogP contribution in [0.3, 0.4) is 0 Å². The van der Waals surface area contributed by atoms with E-state index in [9.17, 15) is 9.59 Å². The van der Waals surface area contributed by atoms with Crippen LogP contribution >= 0.6 is 0 Å². The van der Waals surface area contributed by atoms with E-state index in [1.54, 1.807) is 0 Å². The molecule has 1 heterocycles. The summed E-state index contributed by atoms with van der Waals surface area (Å²) >= 11 is 0. The summed E-state index contributed by atoms with van der Waals surface area (Å²) in [6, 6.07) is 5.99. The van der Waals surface area contributed by atoms with Gasteiger partial charge in [-0.15, -0.1) is 0 Å². The van der Waals surface area contributed by atoms with Crippen molar-refractivity contribution in [2.24, 2.45) is 23.7 Å². The Morgan fingerprint density at radius 1 is 0.920 bits per heavy atom. The van der Waals surface area contributed by atoms with Crippen LogP contribution in [0.5, 0.6) is 0 Å². The van der Waals surface area contributed by atoms with Crippen LogP contribution in [0.15, 0.2) is 41.5 Å². The summed E-state index contributed by atoms with van der Waals surface area (Å²) in [5.74, 6) is -0.00588. The summed E-state index contributed by atoms with van der Waals surface area (Å²) in [4.78, 5) is 28.0. The summed E-state index contributed by atoms with van der Waals surface area (Å²) in [6.45, 7) is 3.98. The summed E-state index contributed by atoms with van der Waals surface area (Å²) in [5, 5.41) is 0. The first-order valence-corrected chi connectivity index (χ1v) is 9.43. The highest BCUT2D eigenvalue weighted by Gasteiger charge is 2.62. The first-order valence-electron chi connectivity index (χ1n) is 9.43. The predicted molar refractivity (Wildman–Crippen MR) is 97.0 cm³/mol. The van der Waals surface area contributed by atoms with Crippen LogP contribution in [0.25, 0.3) is 0 Å². The molecule has 3 fully saturated rings. The summed E-state index contributed by atoms with van der Waals surface area (Å²) < 4.78 is 0. The van der Waals surface area contributed by atoms with E-state index in [0.29, 0.717) is 0 Å². The number of amides is 2. The maximum absolute atomic E-state index is 13.3. The second-order valence-corrected chi connectivity index (χ2v) is 8.06. The Hall–Kier alpha value is -2.16. The SMILES string of the molecule is Cc1ccc(C)c(N2C(=O)[C@@H]3[C@H](C2=O)[C@@H]2C=C[C@H]3C2=C2CCCC2)c1. The van der Waals surface area contributed by atoms with Crippen LogP contribution in [0.2, 0.25) is 0 Å². The molecule has 0 radical (unpaired) electrons. The van der Waals surface area contributed by atoms with Crippen molar-refractivity contribution in [1.29, 1.82) is 0 Å². The molecule has 128 valence electrons. The van der Waals surface area contributed by atoms with Crippen molar-refractivity contribution in [2.45, 2.75) is 39.5 Å². The molecule has 1 aromatic carbocycles. The average molecular weight is 333 g/mol. The number of aryl methyl sites for hydroxylation is 2. The molecule has 2 bridgehead atoms. The first kappa shape index (κ1) is 15.1. The van der Waals surface area contributed by atoms with E-state index in [4.69, 9.17) is 0 Å². The number of hydrogen-bond donors (Lipinski definition) is 0. The number of nitrogens with zero attached hydrogens (tertiary/aromatic N) is 1. The fourth-order valence-corrected chi connectivity index (χ4v) is 5.52. The van der Waals surface area contributed by atoms with Crippen molar-refractivity contribution in [2.75, 3.05) is 4.90 Å². The molecular formula is C22H23NO2. The van der Waals surface area contributed by atoms with Gasteiger partial charge in [0.25, 0.3) is 0 Å². The molecule has 4 aliphatic rings. The third kappa shape index (κ3) is 1.92. The van der Waals surface area contributed by atoms with E-state index < -0.39 is 0 Å². The summed E-state index contributed by atoms with van der Waals surface area (Å²) in [5.41, 5.74) is 5.80. The molecule has 2 saturated carbocycles. The maximum Gasteiger partial charge on any atom is 0.238 e. The molecule has 0 N–H and O–H groups in total. The fraction of sp³-hybridized carbons (Fsp3) is 0.455. The second-order valence-electron chi connectivity index (χ2n) is 8.06. The average Bonchev–Trinajstić information content (AvgIpc) is 3.33. The number of carbonyl (C=O) groups is 2. The number of carbonyl (C=O) groups excluding carboxylic acids is 2. The minimum Gasteiger partial charge on any atom is -0.274 e. The van der Waals surface area contributed by atoms with Gasteiger partial charge in [-0.1, -0.05) is 35.4 Å². The highest BCUT2D eigenvalue weighted by atomic mass is 16.2. The van der Waals surface area contributed by atoms with Crippen molar-refractivity contribution in [3.8, 4) is 0 Å². The van der Waals surface area contributed by atoms with E-state index in [-0.39, 0.29) is 35.5 Å². The molecule has 3 aliphatic carbocycles. The molecule has 0 unspecified atom stereocenters. The molecule has 4 atom stereocenters. The lowest BCUT2D eigenvalue weighted by molar-refractivity contribution is -0.122. The number of hydrogen-bond acceptors (Lipinski definition) is 2. The molecule has 25 heavy (non-hydrogen) atoms. The third-order valence-corrected chi connectivity index (χ3v) is 6.64. The number of imide groups is 1. The van der Waals surface area contributed by atoms with Gasteiger partial charge in [0.05, 0.1) is 17.5 Å². The number of allylic oxidation sites excluding steroid dienone is 4. The Labute approximate surface area is 148 Å². The van der Waals surface area contributed by atoms with Crippen LogP contribution in [-0.4, -0.2) is 11.8 Å². The minimum atomic E-state index is -0.175. The number of benzene rings is 1. The zero-order chi connectivity index (χ0) is 17.3. The highest BCUT2D eigenvalue weighted by Crippen LogP contribution is 2.58. The van der Waals surface area contributed by atoms with Gasteiger partial charge in [0.1, 0.15) is 0 Å². The van der Waals surface area contributed by atoms with E-state index >= 15 is 0 Å². The highest BCUT2D eigenvalue weighted by molar-refractivity contribution is 6.23. The van der Waals surface area contributed by atoms with Gasteiger partial charge in [-0.05, 0) is 56.7 Å². The van der Waals surface area contributed by atoms with Crippen LogP contribution < -0.4 is 4.90 Å². The van der Waals surface area contributed by atoms with Crippen LogP contribution in [0.1, 0.15) is 36.8 Å². The molecule has 0 spiro atoms. The summed E-state index contributed by atoms with van der Waals surface area (Å²) in [7, 11) is 0. The molecule has 3 nitrogen and oxygen atoms in total. The van der Waals surface area contributed by atoms with Crippen molar-refractivity contribution < 1.29 is 9.59 Å². The number of fused-ring (bicyclic) bond motifs is 5. The van der Waals surface area contributed by atoms with Gasteiger partial charge in [-0.2, -0.15) is 0 Å². The smallest absolute Gasteiger partial charge is 0.238 e. The zero-order valence-electron chi connectivity index (χ0n) is 14.8. The maximum atomic E-state index is 13.3. The van der Waals surface area contributed by atoms with E-state index in [2.05, 4.69) is 12.2 Å².